The fourth-order valence-electron chi connectivity index (χ4n) is 2.83. The first-order valence-corrected chi connectivity index (χ1v) is 9.53. The van der Waals surface area contributed by atoms with Crippen LogP contribution in [-0.2, 0) is 16.0 Å². The van der Waals surface area contributed by atoms with E-state index in [1.54, 1.807) is 17.5 Å². The first-order chi connectivity index (χ1) is 12.1. The van der Waals surface area contributed by atoms with Gasteiger partial charge in [0.2, 0.25) is 5.16 Å². The van der Waals surface area contributed by atoms with E-state index in [1.807, 2.05) is 11.4 Å². The third-order valence-electron chi connectivity index (χ3n) is 4.06. The van der Waals surface area contributed by atoms with Gasteiger partial charge in [-0.1, -0.05) is 17.8 Å². The first-order valence-electron chi connectivity index (χ1n) is 7.66. The molecule has 1 aliphatic rings. The molecule has 0 saturated carbocycles. The van der Waals surface area contributed by atoms with Crippen LogP contribution in [0.3, 0.4) is 0 Å². The number of fused-ring (bicyclic) bond motifs is 2. The number of thiophene rings is 1. The van der Waals surface area contributed by atoms with Crippen molar-refractivity contribution in [2.75, 3.05) is 12.9 Å². The van der Waals surface area contributed by atoms with E-state index in [4.69, 9.17) is 0 Å². The molecule has 3 aromatic rings. The molecule has 0 aromatic carbocycles. The Morgan fingerprint density at radius 3 is 3.08 bits per heavy atom. The molecule has 0 unspecified atom stereocenters. The van der Waals surface area contributed by atoms with E-state index in [2.05, 4.69) is 25.9 Å². The quantitative estimate of drug-likeness (QED) is 0.512. The molecule has 7 nitrogen and oxygen atoms in total. The molecule has 3 heterocycles. The second kappa shape index (κ2) is 6.57. The SMILES string of the molecule is COC(=O)CSc1nc2nc3c(cn2n1)C(=O)C[C@@H](c1cccs1)C3. The maximum absolute atomic E-state index is 12.5. The van der Waals surface area contributed by atoms with E-state index in [1.165, 1.54) is 28.3 Å². The van der Waals surface area contributed by atoms with Crippen LogP contribution in [0.4, 0.5) is 0 Å². The predicted molar refractivity (Wildman–Crippen MR) is 93.2 cm³/mol. The predicted octanol–water partition coefficient (Wildman–Crippen LogP) is 2.36. The third-order valence-corrected chi connectivity index (χ3v) is 5.90. The van der Waals surface area contributed by atoms with E-state index >= 15 is 0 Å². The van der Waals surface area contributed by atoms with Crippen LogP contribution < -0.4 is 0 Å². The highest BCUT2D eigenvalue weighted by Crippen LogP contribution is 2.34. The van der Waals surface area contributed by atoms with Crippen LogP contribution in [0.1, 0.15) is 33.3 Å². The minimum Gasteiger partial charge on any atom is -0.468 e. The molecule has 0 fully saturated rings. The number of hydrogen-bond donors (Lipinski definition) is 0. The zero-order chi connectivity index (χ0) is 17.4. The van der Waals surface area contributed by atoms with Gasteiger partial charge in [-0.15, -0.1) is 16.4 Å². The Labute approximate surface area is 151 Å². The number of methoxy groups -OCH3 is 1. The van der Waals surface area contributed by atoms with Crippen LogP contribution in [0, 0.1) is 0 Å². The van der Waals surface area contributed by atoms with Gasteiger partial charge < -0.3 is 4.74 Å². The summed E-state index contributed by atoms with van der Waals surface area (Å²) in [6.45, 7) is 0. The molecule has 3 aromatic heterocycles. The monoisotopic (exact) mass is 374 g/mol. The van der Waals surface area contributed by atoms with Crippen LogP contribution in [0.25, 0.3) is 5.78 Å². The molecule has 25 heavy (non-hydrogen) atoms. The van der Waals surface area contributed by atoms with Crippen molar-refractivity contribution >= 4 is 40.6 Å². The second-order valence-corrected chi connectivity index (χ2v) is 7.57. The van der Waals surface area contributed by atoms with Crippen LogP contribution in [0.5, 0.6) is 0 Å². The molecule has 4 rings (SSSR count). The molecule has 0 N–H and O–H groups in total. The number of ketones is 1. The minimum atomic E-state index is -0.343. The van der Waals surface area contributed by atoms with Crippen LogP contribution in [0.2, 0.25) is 0 Å². The lowest BCUT2D eigenvalue weighted by molar-refractivity contribution is -0.137. The van der Waals surface area contributed by atoms with E-state index < -0.39 is 0 Å². The Kier molecular flexibility index (Phi) is 4.26. The van der Waals surface area contributed by atoms with Crippen molar-refractivity contribution in [3.05, 3.63) is 39.8 Å². The molecule has 0 bridgehead atoms. The molecule has 1 atom stereocenters. The number of esters is 1. The lowest BCUT2D eigenvalue weighted by Gasteiger charge is -2.21. The summed E-state index contributed by atoms with van der Waals surface area (Å²) in [6.07, 6.45) is 2.90. The largest absolute Gasteiger partial charge is 0.468 e. The summed E-state index contributed by atoms with van der Waals surface area (Å²) in [6, 6.07) is 4.06. The number of carbonyl (C=O) groups excluding carboxylic acids is 2. The Morgan fingerprint density at radius 1 is 1.44 bits per heavy atom. The summed E-state index contributed by atoms with van der Waals surface area (Å²) in [7, 11) is 1.34. The van der Waals surface area contributed by atoms with Gasteiger partial charge in [-0.05, 0) is 17.9 Å². The number of ether oxygens (including phenoxy) is 1. The summed E-state index contributed by atoms with van der Waals surface area (Å²) in [4.78, 5) is 33.8. The first kappa shape index (κ1) is 16.2. The molecular weight excluding hydrogens is 360 g/mol. The normalized spacial score (nSPS) is 16.8. The topological polar surface area (TPSA) is 86.4 Å². The van der Waals surface area contributed by atoms with Crippen molar-refractivity contribution in [2.45, 2.75) is 23.9 Å². The fraction of sp³-hybridized carbons (Fsp3) is 0.312. The third kappa shape index (κ3) is 3.16. The Bertz CT molecular complexity index is 952. The number of carbonyl (C=O) groups is 2. The van der Waals surface area contributed by atoms with Crippen molar-refractivity contribution in [1.82, 2.24) is 19.6 Å². The van der Waals surface area contributed by atoms with E-state index in [0.717, 1.165) is 12.1 Å². The highest BCUT2D eigenvalue weighted by atomic mass is 32.2. The molecule has 0 aliphatic heterocycles. The van der Waals surface area contributed by atoms with Gasteiger partial charge in [0.25, 0.3) is 5.78 Å². The number of rotatable bonds is 4. The Morgan fingerprint density at radius 2 is 2.32 bits per heavy atom. The van der Waals surface area contributed by atoms with Crippen molar-refractivity contribution < 1.29 is 14.3 Å². The zero-order valence-electron chi connectivity index (χ0n) is 13.3. The van der Waals surface area contributed by atoms with Crippen molar-refractivity contribution in [3.63, 3.8) is 0 Å². The van der Waals surface area contributed by atoms with Gasteiger partial charge in [0.1, 0.15) is 0 Å². The lowest BCUT2D eigenvalue weighted by Crippen LogP contribution is -2.20. The summed E-state index contributed by atoms with van der Waals surface area (Å²) < 4.78 is 6.11. The highest BCUT2D eigenvalue weighted by molar-refractivity contribution is 7.99. The van der Waals surface area contributed by atoms with E-state index in [-0.39, 0.29) is 23.4 Å². The van der Waals surface area contributed by atoms with Crippen molar-refractivity contribution in [1.29, 1.82) is 0 Å². The molecule has 0 amide bonds. The Hall–Kier alpha value is -2.26. The van der Waals surface area contributed by atoms with Gasteiger partial charge in [-0.25, -0.2) is 9.50 Å². The molecular formula is C16H14N4O3S2. The zero-order valence-corrected chi connectivity index (χ0v) is 15.0. The van der Waals surface area contributed by atoms with Gasteiger partial charge in [-0.2, -0.15) is 4.98 Å². The molecule has 1 aliphatic carbocycles. The average molecular weight is 374 g/mol. The summed E-state index contributed by atoms with van der Waals surface area (Å²) >= 11 is 2.84. The van der Waals surface area contributed by atoms with Gasteiger partial charge in [0.15, 0.2) is 5.78 Å². The number of Topliss-reactive ketones (excluding diaryl/α,β-unsaturated/α-hetero) is 1. The van der Waals surface area contributed by atoms with Gasteiger partial charge in [-0.3, -0.25) is 9.59 Å². The van der Waals surface area contributed by atoms with E-state index in [0.29, 0.717) is 22.9 Å². The van der Waals surface area contributed by atoms with Crippen molar-refractivity contribution in [3.8, 4) is 0 Å². The van der Waals surface area contributed by atoms with Gasteiger partial charge in [0, 0.05) is 23.4 Å². The second-order valence-electron chi connectivity index (χ2n) is 5.65. The molecule has 0 spiro atoms. The summed E-state index contributed by atoms with van der Waals surface area (Å²) in [5.41, 5.74) is 1.37. The maximum atomic E-state index is 12.5. The Balaban J connectivity index is 1.64. The maximum Gasteiger partial charge on any atom is 0.316 e. The smallest absolute Gasteiger partial charge is 0.316 e. The standard InChI is InChI=1S/C16H14N4O3S2/c1-23-14(22)8-25-16-18-15-17-11-5-9(13-3-2-4-24-13)6-12(21)10(11)7-20(15)19-16/h2-4,7,9H,5-6,8H2,1H3/t9-/m0/s1. The van der Waals surface area contributed by atoms with Gasteiger partial charge in [0.05, 0.1) is 24.1 Å². The summed E-state index contributed by atoms with van der Waals surface area (Å²) in [5.74, 6) is 0.474. The van der Waals surface area contributed by atoms with E-state index in [9.17, 15) is 9.59 Å². The average Bonchev–Trinajstić information content (AvgIpc) is 3.27. The molecule has 0 saturated heterocycles. The number of hydrogen-bond acceptors (Lipinski definition) is 8. The van der Waals surface area contributed by atoms with Crippen LogP contribution in [0.15, 0.2) is 28.9 Å². The molecule has 128 valence electrons. The molecule has 0 radical (unpaired) electrons. The summed E-state index contributed by atoms with van der Waals surface area (Å²) in [5, 5.41) is 6.73. The van der Waals surface area contributed by atoms with Crippen LogP contribution in [-0.4, -0.2) is 44.2 Å². The lowest BCUT2D eigenvalue weighted by atomic mass is 9.86. The van der Waals surface area contributed by atoms with Crippen molar-refractivity contribution in [2.24, 2.45) is 0 Å². The molecule has 9 heteroatoms. The number of aromatic nitrogens is 4. The fourth-order valence-corrected chi connectivity index (χ4v) is 4.32. The van der Waals surface area contributed by atoms with Crippen LogP contribution >= 0.6 is 23.1 Å². The number of thioether (sulfide) groups is 1. The van der Waals surface area contributed by atoms with Gasteiger partial charge >= 0.3 is 5.97 Å². The number of nitrogens with zero attached hydrogens (tertiary/aromatic N) is 4. The highest BCUT2D eigenvalue weighted by Gasteiger charge is 2.29. The minimum absolute atomic E-state index is 0.0771.